The minimum atomic E-state index is -1.39. The maximum absolute atomic E-state index is 11.2. The van der Waals surface area contributed by atoms with Crippen LogP contribution < -0.4 is 14.2 Å². The minimum Gasteiger partial charge on any atom is -0.493 e. The molecule has 34 heavy (non-hydrogen) atoms. The molecule has 0 bridgehead atoms. The van der Waals surface area contributed by atoms with Gasteiger partial charge in [-0.3, -0.25) is 9.58 Å². The number of β-amino-alcohol motifs (C(OH)–C–C–N with tert-alkyl or cyclic N) is 1. The molecule has 1 aliphatic rings. The Hall–Kier alpha value is -2.78. The van der Waals surface area contributed by atoms with Gasteiger partial charge in [-0.05, 0) is 48.4 Å². The summed E-state index contributed by atoms with van der Waals surface area (Å²) in [6.07, 6.45) is 3.19. The van der Waals surface area contributed by atoms with E-state index >= 15 is 0 Å². The van der Waals surface area contributed by atoms with Gasteiger partial charge in [0.25, 0.3) is 0 Å². The lowest BCUT2D eigenvalue weighted by atomic mass is 9.90. The maximum Gasteiger partial charge on any atom is 0.161 e. The molecule has 2 aromatic carbocycles. The molecule has 1 fully saturated rings. The molecule has 1 saturated heterocycles. The summed E-state index contributed by atoms with van der Waals surface area (Å²) in [7, 11) is 1.61. The van der Waals surface area contributed by atoms with E-state index in [-0.39, 0.29) is 13.2 Å². The van der Waals surface area contributed by atoms with Gasteiger partial charge in [0, 0.05) is 37.1 Å². The van der Waals surface area contributed by atoms with E-state index in [0.717, 1.165) is 5.56 Å². The van der Waals surface area contributed by atoms with Crippen molar-refractivity contribution in [3.8, 4) is 17.2 Å². The molecule has 2 heterocycles. The van der Waals surface area contributed by atoms with Crippen LogP contribution in [0.1, 0.15) is 12.0 Å². The fourth-order valence-corrected chi connectivity index (χ4v) is 4.24. The Morgan fingerprint density at radius 2 is 2.03 bits per heavy atom. The molecule has 8 nitrogen and oxygen atoms in total. The summed E-state index contributed by atoms with van der Waals surface area (Å²) in [6, 6.07) is 14.7. The maximum atomic E-state index is 11.2. The van der Waals surface area contributed by atoms with Crippen molar-refractivity contribution in [2.45, 2.75) is 31.2 Å². The zero-order valence-electron chi connectivity index (χ0n) is 19.1. The number of piperidine rings is 1. The van der Waals surface area contributed by atoms with Gasteiger partial charge < -0.3 is 24.4 Å². The lowest BCUT2D eigenvalue weighted by Crippen LogP contribution is -2.59. The summed E-state index contributed by atoms with van der Waals surface area (Å²) in [4.78, 5) is 2.10. The fraction of sp³-hybridized carbons (Fsp3) is 0.400. The second-order valence-corrected chi connectivity index (χ2v) is 8.90. The molecule has 0 saturated carbocycles. The SMILES string of the molecule is COc1ccc(CN2CC[C@H](O)[C@@](O)(COc3cccc(Cl)c3)C2)cc1OCCn1cccn1. The average Bonchev–Trinajstić information content (AvgIpc) is 3.34. The van der Waals surface area contributed by atoms with E-state index in [0.29, 0.717) is 54.9 Å². The van der Waals surface area contributed by atoms with Crippen LogP contribution in [0.2, 0.25) is 5.02 Å². The molecular weight excluding hydrogens is 458 g/mol. The van der Waals surface area contributed by atoms with Crippen molar-refractivity contribution in [2.24, 2.45) is 0 Å². The first-order valence-electron chi connectivity index (χ1n) is 11.2. The van der Waals surface area contributed by atoms with Crippen molar-refractivity contribution in [3.05, 3.63) is 71.5 Å². The minimum absolute atomic E-state index is 0.0323. The van der Waals surface area contributed by atoms with Crippen molar-refractivity contribution in [1.29, 1.82) is 0 Å². The Morgan fingerprint density at radius 3 is 2.79 bits per heavy atom. The number of aliphatic hydroxyl groups is 2. The van der Waals surface area contributed by atoms with Crippen molar-refractivity contribution in [1.82, 2.24) is 14.7 Å². The van der Waals surface area contributed by atoms with E-state index in [1.807, 2.05) is 35.1 Å². The van der Waals surface area contributed by atoms with Crippen LogP contribution in [0.15, 0.2) is 60.9 Å². The third-order valence-corrected chi connectivity index (χ3v) is 6.13. The molecule has 2 atom stereocenters. The van der Waals surface area contributed by atoms with Gasteiger partial charge in [-0.25, -0.2) is 0 Å². The molecular formula is C25H30ClN3O5. The van der Waals surface area contributed by atoms with Gasteiger partial charge >= 0.3 is 0 Å². The van der Waals surface area contributed by atoms with Gasteiger partial charge in [0.1, 0.15) is 24.6 Å². The Balaban J connectivity index is 1.38. The monoisotopic (exact) mass is 487 g/mol. The second kappa shape index (κ2) is 11.1. The number of methoxy groups -OCH3 is 1. The first-order chi connectivity index (χ1) is 16.4. The summed E-state index contributed by atoms with van der Waals surface area (Å²) in [6.45, 7) is 2.57. The molecule has 2 N–H and O–H groups in total. The van der Waals surface area contributed by atoms with Gasteiger partial charge in [0.15, 0.2) is 11.5 Å². The highest BCUT2D eigenvalue weighted by Gasteiger charge is 2.42. The zero-order chi connectivity index (χ0) is 24.0. The van der Waals surface area contributed by atoms with Crippen molar-refractivity contribution < 1.29 is 24.4 Å². The van der Waals surface area contributed by atoms with Gasteiger partial charge in [-0.15, -0.1) is 0 Å². The van der Waals surface area contributed by atoms with Crippen LogP contribution in [0.25, 0.3) is 0 Å². The topological polar surface area (TPSA) is 89.2 Å². The number of likely N-dealkylation sites (tertiary alicyclic amines) is 1. The number of hydrogen-bond donors (Lipinski definition) is 2. The molecule has 0 radical (unpaired) electrons. The van der Waals surface area contributed by atoms with Gasteiger partial charge in [0.2, 0.25) is 0 Å². The molecule has 0 amide bonds. The van der Waals surface area contributed by atoms with E-state index in [9.17, 15) is 10.2 Å². The quantitative estimate of drug-likeness (QED) is 0.454. The highest BCUT2D eigenvalue weighted by molar-refractivity contribution is 6.30. The van der Waals surface area contributed by atoms with Gasteiger partial charge in [-0.2, -0.15) is 5.10 Å². The third-order valence-electron chi connectivity index (χ3n) is 5.89. The molecule has 1 aliphatic heterocycles. The first kappa shape index (κ1) is 24.3. The Kier molecular flexibility index (Phi) is 7.95. The Morgan fingerprint density at radius 1 is 1.15 bits per heavy atom. The van der Waals surface area contributed by atoms with Crippen LogP contribution in [0, 0.1) is 0 Å². The van der Waals surface area contributed by atoms with Crippen LogP contribution in [0.4, 0.5) is 0 Å². The highest BCUT2D eigenvalue weighted by atomic mass is 35.5. The van der Waals surface area contributed by atoms with Gasteiger partial charge in [-0.1, -0.05) is 23.7 Å². The number of ether oxygens (including phenoxy) is 3. The van der Waals surface area contributed by atoms with Crippen LogP contribution in [0.3, 0.4) is 0 Å². The van der Waals surface area contributed by atoms with Crippen LogP contribution in [-0.2, 0) is 13.1 Å². The van der Waals surface area contributed by atoms with Crippen LogP contribution in [0.5, 0.6) is 17.2 Å². The lowest BCUT2D eigenvalue weighted by Gasteiger charge is -2.42. The number of nitrogens with zero attached hydrogens (tertiary/aromatic N) is 3. The third kappa shape index (κ3) is 6.21. The predicted molar refractivity (Wildman–Crippen MR) is 129 cm³/mol. The summed E-state index contributed by atoms with van der Waals surface area (Å²) >= 11 is 6.01. The molecule has 182 valence electrons. The lowest BCUT2D eigenvalue weighted by molar-refractivity contribution is -0.140. The van der Waals surface area contributed by atoms with E-state index in [1.54, 1.807) is 37.6 Å². The smallest absolute Gasteiger partial charge is 0.161 e. The standard InChI is InChI=1S/C25H30ClN3O5/c1-32-22-7-6-19(14-23(22)33-13-12-29-10-3-9-27-29)16-28-11-8-24(30)25(31,17-28)18-34-21-5-2-4-20(26)15-21/h2-7,9-10,14-15,24,30-31H,8,11-13,16-18H2,1H3/t24-,25-/m0/s1. The summed E-state index contributed by atoms with van der Waals surface area (Å²) in [5.41, 5.74) is -0.375. The summed E-state index contributed by atoms with van der Waals surface area (Å²) in [5.74, 6) is 1.87. The van der Waals surface area contributed by atoms with Crippen LogP contribution in [-0.4, -0.2) is 70.0 Å². The molecule has 0 unspecified atom stereocenters. The fourth-order valence-electron chi connectivity index (χ4n) is 4.06. The average molecular weight is 488 g/mol. The van der Waals surface area contributed by atoms with Crippen molar-refractivity contribution in [2.75, 3.05) is 33.4 Å². The summed E-state index contributed by atoms with van der Waals surface area (Å²) < 4.78 is 19.0. The Labute approximate surface area is 204 Å². The van der Waals surface area contributed by atoms with Gasteiger partial charge in [0.05, 0.1) is 19.8 Å². The Bertz CT molecular complexity index is 1060. The number of halogens is 1. The molecule has 4 rings (SSSR count). The molecule has 1 aromatic heterocycles. The number of aliphatic hydroxyl groups excluding tert-OH is 1. The molecule has 9 heteroatoms. The second-order valence-electron chi connectivity index (χ2n) is 8.47. The van der Waals surface area contributed by atoms with E-state index in [4.69, 9.17) is 25.8 Å². The normalized spacial score (nSPS) is 20.8. The molecule has 0 aliphatic carbocycles. The number of benzene rings is 2. The summed E-state index contributed by atoms with van der Waals surface area (Å²) in [5, 5.41) is 26.4. The van der Waals surface area contributed by atoms with Crippen LogP contribution >= 0.6 is 11.6 Å². The number of rotatable bonds is 10. The molecule has 3 aromatic rings. The first-order valence-corrected chi connectivity index (χ1v) is 11.6. The van der Waals surface area contributed by atoms with Crippen molar-refractivity contribution >= 4 is 11.6 Å². The molecule has 0 spiro atoms. The highest BCUT2D eigenvalue weighted by Crippen LogP contribution is 2.30. The number of hydrogen-bond acceptors (Lipinski definition) is 7. The van der Waals surface area contributed by atoms with Crippen molar-refractivity contribution in [3.63, 3.8) is 0 Å². The zero-order valence-corrected chi connectivity index (χ0v) is 19.9. The van der Waals surface area contributed by atoms with E-state index in [2.05, 4.69) is 10.00 Å². The van der Waals surface area contributed by atoms with E-state index in [1.165, 1.54) is 0 Å². The largest absolute Gasteiger partial charge is 0.493 e. The van der Waals surface area contributed by atoms with E-state index < -0.39 is 11.7 Å². The number of aromatic nitrogens is 2. The predicted octanol–water partition coefficient (Wildman–Crippen LogP) is 3.00.